The number of aliphatic hydroxyl groups excluding tert-OH is 1. The summed E-state index contributed by atoms with van der Waals surface area (Å²) >= 11 is 0. The van der Waals surface area contributed by atoms with Gasteiger partial charge in [0.15, 0.2) is 0 Å². The molecule has 0 atom stereocenters. The van der Waals surface area contributed by atoms with Crippen LogP contribution in [-0.2, 0) is 6.54 Å². The van der Waals surface area contributed by atoms with Gasteiger partial charge in [0.2, 0.25) is 5.95 Å². The van der Waals surface area contributed by atoms with Gasteiger partial charge in [-0.3, -0.25) is 0 Å². The number of unbranched alkanes of at least 4 members (excludes halogenated alkanes) is 1. The van der Waals surface area contributed by atoms with E-state index in [1.165, 1.54) is 4.68 Å². The van der Waals surface area contributed by atoms with Gasteiger partial charge in [-0.15, -0.1) is 0 Å². The van der Waals surface area contributed by atoms with Gasteiger partial charge in [0.1, 0.15) is 0 Å². The Labute approximate surface area is 64.0 Å². The lowest BCUT2D eigenvalue weighted by Gasteiger charge is -1.98. The van der Waals surface area contributed by atoms with Crippen LogP contribution >= 0.6 is 0 Å². The van der Waals surface area contributed by atoms with Crippen LogP contribution in [0.2, 0.25) is 0 Å². The Bertz CT molecular complexity index is 210. The molecule has 62 valence electrons. The fourth-order valence-corrected chi connectivity index (χ4v) is 0.744. The number of nitrogen functional groups attached to an aromatic ring is 1. The first-order valence-electron chi connectivity index (χ1n) is 3.47. The Morgan fingerprint density at radius 2 is 2.27 bits per heavy atom. The van der Waals surface area contributed by atoms with Crippen molar-refractivity contribution in [2.24, 2.45) is 0 Å². The first-order valence-corrected chi connectivity index (χ1v) is 3.47. The molecule has 0 bridgehead atoms. The molecule has 0 aliphatic heterocycles. The molecular formula is C5H11N5O. The average molecular weight is 157 g/mol. The normalized spacial score (nSPS) is 10.3. The van der Waals surface area contributed by atoms with E-state index in [9.17, 15) is 0 Å². The van der Waals surface area contributed by atoms with Crippen LogP contribution in [0.5, 0.6) is 0 Å². The van der Waals surface area contributed by atoms with Crippen LogP contribution in [0.3, 0.4) is 0 Å². The van der Waals surface area contributed by atoms with Gasteiger partial charge in [0, 0.05) is 13.2 Å². The standard InChI is InChI=1S/C5H11N5O/c6-5-7-8-9-10(5)3-1-2-4-11/h11H,1-4H2,(H2,6,7,9). The van der Waals surface area contributed by atoms with Crippen LogP contribution in [0, 0.1) is 0 Å². The Morgan fingerprint density at radius 3 is 2.82 bits per heavy atom. The predicted molar refractivity (Wildman–Crippen MR) is 38.5 cm³/mol. The average Bonchev–Trinajstić information content (AvgIpc) is 2.37. The maximum atomic E-state index is 8.47. The van der Waals surface area contributed by atoms with Crippen LogP contribution in [0.1, 0.15) is 12.8 Å². The number of aromatic nitrogens is 4. The molecule has 6 nitrogen and oxygen atoms in total. The molecule has 0 unspecified atom stereocenters. The second-order valence-electron chi connectivity index (χ2n) is 2.19. The Hall–Kier alpha value is -1.17. The molecule has 1 rings (SSSR count). The minimum Gasteiger partial charge on any atom is -0.396 e. The second-order valence-corrected chi connectivity index (χ2v) is 2.19. The van der Waals surface area contributed by atoms with Crippen molar-refractivity contribution >= 4 is 5.95 Å². The minimum atomic E-state index is 0.196. The lowest BCUT2D eigenvalue weighted by molar-refractivity contribution is 0.280. The summed E-state index contributed by atoms with van der Waals surface area (Å²) in [5.74, 6) is 0.322. The first kappa shape index (κ1) is 7.93. The monoisotopic (exact) mass is 157 g/mol. The highest BCUT2D eigenvalue weighted by Crippen LogP contribution is 1.96. The number of nitrogens with zero attached hydrogens (tertiary/aromatic N) is 4. The zero-order valence-electron chi connectivity index (χ0n) is 6.14. The quantitative estimate of drug-likeness (QED) is 0.549. The molecule has 0 aromatic carbocycles. The number of hydrogen-bond acceptors (Lipinski definition) is 5. The molecule has 0 aliphatic rings. The SMILES string of the molecule is Nc1nnnn1CCCCO. The van der Waals surface area contributed by atoms with E-state index in [0.717, 1.165) is 12.8 Å². The molecule has 1 aromatic heterocycles. The number of nitrogens with two attached hydrogens (primary N) is 1. The smallest absolute Gasteiger partial charge is 0.240 e. The van der Waals surface area contributed by atoms with Gasteiger partial charge in [-0.25, -0.2) is 4.68 Å². The molecular weight excluding hydrogens is 146 g/mol. The molecule has 3 N–H and O–H groups in total. The summed E-state index contributed by atoms with van der Waals surface area (Å²) < 4.78 is 1.51. The zero-order valence-corrected chi connectivity index (χ0v) is 6.14. The lowest BCUT2D eigenvalue weighted by atomic mass is 10.3. The van der Waals surface area contributed by atoms with E-state index in [1.54, 1.807) is 0 Å². The third-order valence-corrected chi connectivity index (χ3v) is 1.34. The number of aliphatic hydroxyl groups is 1. The molecule has 0 fully saturated rings. The van der Waals surface area contributed by atoms with Crippen LogP contribution in [-0.4, -0.2) is 31.9 Å². The molecule has 0 spiro atoms. The number of aryl methyl sites for hydroxylation is 1. The fourth-order valence-electron chi connectivity index (χ4n) is 0.744. The largest absolute Gasteiger partial charge is 0.396 e. The molecule has 0 saturated carbocycles. The van der Waals surface area contributed by atoms with Crippen LogP contribution in [0.4, 0.5) is 5.95 Å². The van der Waals surface area contributed by atoms with Crippen molar-refractivity contribution in [2.45, 2.75) is 19.4 Å². The minimum absolute atomic E-state index is 0.196. The molecule has 0 aliphatic carbocycles. The molecule has 6 heteroatoms. The lowest BCUT2D eigenvalue weighted by Crippen LogP contribution is -2.05. The van der Waals surface area contributed by atoms with E-state index < -0.39 is 0 Å². The Balaban J connectivity index is 2.32. The van der Waals surface area contributed by atoms with E-state index in [2.05, 4.69) is 15.5 Å². The number of tetrazole rings is 1. The summed E-state index contributed by atoms with van der Waals surface area (Å²) in [6.45, 7) is 0.863. The first-order chi connectivity index (χ1) is 5.34. The van der Waals surface area contributed by atoms with Crippen molar-refractivity contribution in [2.75, 3.05) is 12.3 Å². The summed E-state index contributed by atoms with van der Waals surface area (Å²) in [6.07, 6.45) is 1.59. The van der Waals surface area contributed by atoms with E-state index in [4.69, 9.17) is 10.8 Å². The Morgan fingerprint density at radius 1 is 1.45 bits per heavy atom. The Kier molecular flexibility index (Phi) is 2.79. The summed E-state index contributed by atoms with van der Waals surface area (Å²) in [7, 11) is 0. The number of anilines is 1. The van der Waals surface area contributed by atoms with Crippen molar-refractivity contribution in [3.8, 4) is 0 Å². The van der Waals surface area contributed by atoms with Crippen molar-refractivity contribution in [1.82, 2.24) is 20.2 Å². The van der Waals surface area contributed by atoms with Crippen molar-refractivity contribution in [3.63, 3.8) is 0 Å². The van der Waals surface area contributed by atoms with Crippen LogP contribution in [0.25, 0.3) is 0 Å². The highest BCUT2D eigenvalue weighted by atomic mass is 16.2. The highest BCUT2D eigenvalue weighted by molar-refractivity contribution is 5.09. The van der Waals surface area contributed by atoms with Crippen molar-refractivity contribution in [3.05, 3.63) is 0 Å². The van der Waals surface area contributed by atoms with Crippen LogP contribution in [0.15, 0.2) is 0 Å². The van der Waals surface area contributed by atoms with Crippen molar-refractivity contribution in [1.29, 1.82) is 0 Å². The highest BCUT2D eigenvalue weighted by Gasteiger charge is 1.98. The molecule has 0 radical (unpaired) electrons. The van der Waals surface area contributed by atoms with Crippen molar-refractivity contribution < 1.29 is 5.11 Å². The molecule has 11 heavy (non-hydrogen) atoms. The topological polar surface area (TPSA) is 89.9 Å². The number of hydrogen-bond donors (Lipinski definition) is 2. The number of rotatable bonds is 4. The summed E-state index contributed by atoms with van der Waals surface area (Å²) in [6, 6.07) is 0. The van der Waals surface area contributed by atoms with Gasteiger partial charge in [-0.1, -0.05) is 5.10 Å². The maximum absolute atomic E-state index is 8.47. The van der Waals surface area contributed by atoms with E-state index >= 15 is 0 Å². The summed E-state index contributed by atoms with van der Waals surface area (Å²) in [4.78, 5) is 0. The van der Waals surface area contributed by atoms with Gasteiger partial charge in [-0.05, 0) is 23.3 Å². The van der Waals surface area contributed by atoms with E-state index in [-0.39, 0.29) is 6.61 Å². The molecule has 0 saturated heterocycles. The van der Waals surface area contributed by atoms with Crippen LogP contribution < -0.4 is 5.73 Å². The summed E-state index contributed by atoms with van der Waals surface area (Å²) in [5, 5.41) is 19.0. The zero-order chi connectivity index (χ0) is 8.10. The van der Waals surface area contributed by atoms with Gasteiger partial charge in [0.25, 0.3) is 0 Å². The second kappa shape index (κ2) is 3.87. The molecule has 0 amide bonds. The van der Waals surface area contributed by atoms with Gasteiger partial charge in [0.05, 0.1) is 0 Å². The third kappa shape index (κ3) is 2.15. The predicted octanol–water partition coefficient (Wildman–Crippen LogP) is -0.972. The molecule has 1 heterocycles. The van der Waals surface area contributed by atoms with Gasteiger partial charge < -0.3 is 10.8 Å². The summed E-state index contributed by atoms with van der Waals surface area (Å²) in [5.41, 5.74) is 5.39. The molecule has 1 aromatic rings. The maximum Gasteiger partial charge on any atom is 0.240 e. The van der Waals surface area contributed by atoms with E-state index in [1.807, 2.05) is 0 Å². The van der Waals surface area contributed by atoms with Gasteiger partial charge >= 0.3 is 0 Å². The third-order valence-electron chi connectivity index (χ3n) is 1.34. The fraction of sp³-hybridized carbons (Fsp3) is 0.800. The van der Waals surface area contributed by atoms with E-state index in [0.29, 0.717) is 12.5 Å². The van der Waals surface area contributed by atoms with Gasteiger partial charge in [-0.2, -0.15) is 0 Å².